The molecule has 0 atom stereocenters. The van der Waals surface area contributed by atoms with Crippen molar-refractivity contribution in [3.8, 4) is 0 Å². The summed E-state index contributed by atoms with van der Waals surface area (Å²) in [5.74, 6) is 0. The van der Waals surface area contributed by atoms with Crippen molar-refractivity contribution in [2.75, 3.05) is 11.9 Å². The number of nitrogens with one attached hydrogen (secondary N) is 1. The molecule has 1 aromatic rings. The second kappa shape index (κ2) is 7.31. The summed E-state index contributed by atoms with van der Waals surface area (Å²) in [4.78, 5) is 2.53. The van der Waals surface area contributed by atoms with E-state index in [9.17, 15) is 0 Å². The molecule has 0 amide bonds. The topological polar surface area (TPSA) is 15.3 Å². The Morgan fingerprint density at radius 1 is 1.05 bits per heavy atom. The number of benzene rings is 1. The number of hydrogen-bond donors (Lipinski definition) is 1. The van der Waals surface area contributed by atoms with Crippen LogP contribution in [-0.4, -0.2) is 18.6 Å². The monoisotopic (exact) mass is 288 g/mol. The van der Waals surface area contributed by atoms with Crippen LogP contribution in [0.15, 0.2) is 24.3 Å². The largest absolute Gasteiger partial charge is 0.371 e. The summed E-state index contributed by atoms with van der Waals surface area (Å²) in [6.07, 6.45) is 8.29. The second-order valence-electron chi connectivity index (χ2n) is 7.49. The van der Waals surface area contributed by atoms with Gasteiger partial charge in [-0.1, -0.05) is 43.9 Å². The van der Waals surface area contributed by atoms with Gasteiger partial charge in [0.2, 0.25) is 0 Å². The quantitative estimate of drug-likeness (QED) is 0.805. The minimum absolute atomic E-state index is 0.161. The standard InChI is InChI=1S/C19H32N2/c1-19(2,3)20-15-16-11-9-10-14-18(16)21(4)17-12-7-5-6-8-13-17/h9-11,14,17,20H,5-8,12-13,15H2,1-4H3. The predicted molar refractivity (Wildman–Crippen MR) is 92.9 cm³/mol. The molecule has 2 heteroatoms. The summed E-state index contributed by atoms with van der Waals surface area (Å²) >= 11 is 0. The lowest BCUT2D eigenvalue weighted by Crippen LogP contribution is -2.36. The van der Waals surface area contributed by atoms with Gasteiger partial charge in [-0.15, -0.1) is 0 Å². The Balaban J connectivity index is 2.10. The summed E-state index contributed by atoms with van der Waals surface area (Å²) in [5.41, 5.74) is 2.98. The van der Waals surface area contributed by atoms with Crippen LogP contribution in [0, 0.1) is 0 Å². The maximum absolute atomic E-state index is 3.62. The minimum atomic E-state index is 0.161. The molecule has 1 saturated carbocycles. The van der Waals surface area contributed by atoms with E-state index in [1.807, 2.05) is 0 Å². The van der Waals surface area contributed by atoms with Crippen LogP contribution in [0.4, 0.5) is 5.69 Å². The molecule has 0 unspecified atom stereocenters. The average molecular weight is 288 g/mol. The Morgan fingerprint density at radius 2 is 1.67 bits per heavy atom. The molecule has 2 rings (SSSR count). The van der Waals surface area contributed by atoms with Crippen molar-refractivity contribution >= 4 is 5.69 Å². The first-order valence-electron chi connectivity index (χ1n) is 8.53. The Hall–Kier alpha value is -1.02. The summed E-state index contributed by atoms with van der Waals surface area (Å²) < 4.78 is 0. The van der Waals surface area contributed by atoms with Gasteiger partial charge in [-0.25, -0.2) is 0 Å². The number of anilines is 1. The molecular weight excluding hydrogens is 256 g/mol. The Labute approximate surface area is 130 Å². The normalized spacial score (nSPS) is 17.5. The van der Waals surface area contributed by atoms with E-state index < -0.39 is 0 Å². The molecule has 0 heterocycles. The molecule has 118 valence electrons. The fourth-order valence-electron chi connectivity index (χ4n) is 3.21. The van der Waals surface area contributed by atoms with Gasteiger partial charge in [0.25, 0.3) is 0 Å². The molecule has 0 spiro atoms. The third-order valence-electron chi connectivity index (χ3n) is 4.55. The fraction of sp³-hybridized carbons (Fsp3) is 0.684. The summed E-state index contributed by atoms with van der Waals surface area (Å²) in [6.45, 7) is 7.62. The van der Waals surface area contributed by atoms with Crippen molar-refractivity contribution in [2.24, 2.45) is 0 Å². The van der Waals surface area contributed by atoms with E-state index in [0.717, 1.165) is 6.54 Å². The summed E-state index contributed by atoms with van der Waals surface area (Å²) in [6, 6.07) is 9.59. The number of nitrogens with zero attached hydrogens (tertiary/aromatic N) is 1. The van der Waals surface area contributed by atoms with Crippen molar-refractivity contribution in [2.45, 2.75) is 77.4 Å². The van der Waals surface area contributed by atoms with Crippen LogP contribution in [0.25, 0.3) is 0 Å². The lowest BCUT2D eigenvalue weighted by molar-refractivity contribution is 0.424. The molecule has 1 aliphatic carbocycles. The predicted octanol–water partition coefficient (Wildman–Crippen LogP) is 4.73. The van der Waals surface area contributed by atoms with Crippen LogP contribution in [0.1, 0.15) is 64.9 Å². The molecular formula is C19H32N2. The van der Waals surface area contributed by atoms with Crippen LogP contribution in [-0.2, 0) is 6.54 Å². The van der Waals surface area contributed by atoms with Crippen LogP contribution in [0.2, 0.25) is 0 Å². The van der Waals surface area contributed by atoms with E-state index in [4.69, 9.17) is 0 Å². The molecule has 21 heavy (non-hydrogen) atoms. The summed E-state index contributed by atoms with van der Waals surface area (Å²) in [5, 5.41) is 3.62. The van der Waals surface area contributed by atoms with Gasteiger partial charge in [0.05, 0.1) is 0 Å². The van der Waals surface area contributed by atoms with Crippen molar-refractivity contribution in [3.05, 3.63) is 29.8 Å². The van der Waals surface area contributed by atoms with Crippen molar-refractivity contribution in [3.63, 3.8) is 0 Å². The molecule has 1 N–H and O–H groups in total. The zero-order chi connectivity index (χ0) is 15.3. The molecule has 0 aromatic heterocycles. The maximum atomic E-state index is 3.62. The average Bonchev–Trinajstić information content (AvgIpc) is 2.73. The molecule has 0 saturated heterocycles. The van der Waals surface area contributed by atoms with Gasteiger partial charge in [0, 0.05) is 30.9 Å². The Morgan fingerprint density at radius 3 is 2.29 bits per heavy atom. The van der Waals surface area contributed by atoms with Crippen LogP contribution in [0.3, 0.4) is 0 Å². The van der Waals surface area contributed by atoms with Crippen molar-refractivity contribution < 1.29 is 0 Å². The molecule has 1 aliphatic rings. The van der Waals surface area contributed by atoms with E-state index in [-0.39, 0.29) is 5.54 Å². The van der Waals surface area contributed by atoms with Gasteiger partial charge in [0.1, 0.15) is 0 Å². The zero-order valence-electron chi connectivity index (χ0n) is 14.3. The smallest absolute Gasteiger partial charge is 0.0411 e. The highest BCUT2D eigenvalue weighted by molar-refractivity contribution is 5.53. The van der Waals surface area contributed by atoms with Crippen molar-refractivity contribution in [1.29, 1.82) is 0 Å². The lowest BCUT2D eigenvalue weighted by Gasteiger charge is -2.32. The van der Waals surface area contributed by atoms with Gasteiger partial charge in [-0.2, -0.15) is 0 Å². The minimum Gasteiger partial charge on any atom is -0.371 e. The van der Waals surface area contributed by atoms with Crippen LogP contribution >= 0.6 is 0 Å². The van der Waals surface area contributed by atoms with E-state index in [2.05, 4.69) is 62.3 Å². The van der Waals surface area contributed by atoms with E-state index in [0.29, 0.717) is 6.04 Å². The highest BCUT2D eigenvalue weighted by Gasteiger charge is 2.19. The SMILES string of the molecule is CN(c1ccccc1CNC(C)(C)C)C1CCCCCC1. The Kier molecular flexibility index (Phi) is 5.69. The lowest BCUT2D eigenvalue weighted by atomic mass is 10.0. The molecule has 1 aromatic carbocycles. The molecule has 0 bridgehead atoms. The molecule has 1 fully saturated rings. The molecule has 2 nitrogen and oxygen atoms in total. The number of rotatable bonds is 4. The fourth-order valence-corrected chi connectivity index (χ4v) is 3.21. The first-order chi connectivity index (χ1) is 9.97. The van der Waals surface area contributed by atoms with Crippen LogP contribution in [0.5, 0.6) is 0 Å². The first kappa shape index (κ1) is 16.4. The third-order valence-corrected chi connectivity index (χ3v) is 4.55. The highest BCUT2D eigenvalue weighted by Crippen LogP contribution is 2.28. The van der Waals surface area contributed by atoms with E-state index in [1.165, 1.54) is 49.8 Å². The number of para-hydroxylation sites is 1. The first-order valence-corrected chi connectivity index (χ1v) is 8.53. The van der Waals surface area contributed by atoms with Gasteiger partial charge in [-0.3, -0.25) is 0 Å². The molecule has 0 aliphatic heterocycles. The maximum Gasteiger partial charge on any atom is 0.0411 e. The summed E-state index contributed by atoms with van der Waals surface area (Å²) in [7, 11) is 2.28. The van der Waals surface area contributed by atoms with Crippen LogP contribution < -0.4 is 10.2 Å². The third kappa shape index (κ3) is 5.03. The highest BCUT2D eigenvalue weighted by atomic mass is 15.1. The Bertz CT molecular complexity index is 425. The van der Waals surface area contributed by atoms with Gasteiger partial charge in [0.15, 0.2) is 0 Å². The molecule has 0 radical (unpaired) electrons. The van der Waals surface area contributed by atoms with Crippen molar-refractivity contribution in [1.82, 2.24) is 5.32 Å². The second-order valence-corrected chi connectivity index (χ2v) is 7.49. The number of hydrogen-bond acceptors (Lipinski definition) is 2. The van der Waals surface area contributed by atoms with Gasteiger partial charge >= 0.3 is 0 Å². The van der Waals surface area contributed by atoms with E-state index in [1.54, 1.807) is 0 Å². The van der Waals surface area contributed by atoms with Gasteiger partial charge in [-0.05, 0) is 45.2 Å². The zero-order valence-corrected chi connectivity index (χ0v) is 14.3. The van der Waals surface area contributed by atoms with Gasteiger partial charge < -0.3 is 10.2 Å². The van der Waals surface area contributed by atoms with E-state index >= 15 is 0 Å².